The number of hydrogen-bond donors (Lipinski definition) is 1. The molecule has 1 unspecified atom stereocenters. The second-order valence-electron chi connectivity index (χ2n) is 2.19. The molecule has 0 aliphatic rings. The van der Waals surface area contributed by atoms with Gasteiger partial charge in [-0.2, -0.15) is 0 Å². The molecule has 0 radical (unpaired) electrons. The molecule has 0 aromatic heterocycles. The molecule has 1 aromatic carbocycles. The summed E-state index contributed by atoms with van der Waals surface area (Å²) in [5, 5.41) is -0.195. The van der Waals surface area contributed by atoms with E-state index in [9.17, 15) is 8.76 Å². The van der Waals surface area contributed by atoms with E-state index in [4.69, 9.17) is 5.73 Å². The lowest BCUT2D eigenvalue weighted by molar-refractivity contribution is 0.538. The van der Waals surface area contributed by atoms with Crippen LogP contribution in [0.3, 0.4) is 0 Å². The summed E-state index contributed by atoms with van der Waals surface area (Å²) in [6.45, 7) is 0. The summed E-state index contributed by atoms with van der Waals surface area (Å²) < 4.78 is 22.2. The van der Waals surface area contributed by atoms with Gasteiger partial charge >= 0.3 is 0 Å². The van der Waals surface area contributed by atoms with E-state index in [1.165, 1.54) is 0 Å². The third kappa shape index (κ3) is 2.48. The first-order valence-electron chi connectivity index (χ1n) is 3.37. The third-order valence-corrected chi connectivity index (χ3v) is 2.34. The number of hydrogen-bond acceptors (Lipinski definition) is 3. The van der Waals surface area contributed by atoms with Gasteiger partial charge in [-0.15, -0.1) is 0 Å². The number of benzene rings is 1. The van der Waals surface area contributed by atoms with Gasteiger partial charge in [-0.25, -0.2) is 4.31 Å². The predicted octanol–water partition coefficient (Wildman–Crippen LogP) is 0.531. The van der Waals surface area contributed by atoms with E-state index in [1.807, 2.05) is 0 Å². The largest absolute Gasteiger partial charge is 0.755 e. The fourth-order valence-corrected chi connectivity index (χ4v) is 1.58. The molecule has 0 spiro atoms. The minimum absolute atomic E-state index is 0.195. The highest BCUT2D eigenvalue weighted by Gasteiger charge is 2.08. The quantitative estimate of drug-likeness (QED) is 0.577. The zero-order valence-corrected chi connectivity index (χ0v) is 8.18. The van der Waals surface area contributed by atoms with E-state index in [0.29, 0.717) is 5.69 Å². The first-order valence-corrected chi connectivity index (χ1v) is 4.81. The number of rotatable bonds is 2. The summed E-state index contributed by atoms with van der Waals surface area (Å²) in [5.74, 6) is 0. The Morgan fingerprint density at radius 3 is 2.38 bits per heavy atom. The predicted molar refractivity (Wildman–Crippen MR) is 54.6 cm³/mol. The van der Waals surface area contributed by atoms with Crippen LogP contribution in [0.25, 0.3) is 0 Å². The summed E-state index contributed by atoms with van der Waals surface area (Å²) in [7, 11) is 0. The average Bonchev–Trinajstić information content (AvgIpc) is 2.04. The fraction of sp³-hybridized carbons (Fsp3) is 0. The summed E-state index contributed by atoms with van der Waals surface area (Å²) in [6.07, 6.45) is 0. The minimum Gasteiger partial charge on any atom is -0.755 e. The fourth-order valence-electron chi connectivity index (χ4n) is 0.850. The number of thiocarbonyl (C=S) groups is 1. The Morgan fingerprint density at radius 2 is 2.00 bits per heavy atom. The molecule has 1 rings (SSSR count). The lowest BCUT2D eigenvalue weighted by Gasteiger charge is -2.23. The average molecular weight is 215 g/mol. The van der Waals surface area contributed by atoms with E-state index in [-0.39, 0.29) is 5.11 Å². The first-order chi connectivity index (χ1) is 6.13. The standard InChI is InChI=1S/C7H8N2O2S2/c8-7(12)9(13(10)11)6-4-2-1-3-5-6/h1-5H,(H2,8,12)(H,10,11)/p-1. The molecule has 4 nitrogen and oxygen atoms in total. The molecule has 0 amide bonds. The van der Waals surface area contributed by atoms with Gasteiger partial charge in [-0.1, -0.05) is 18.2 Å². The van der Waals surface area contributed by atoms with Crippen LogP contribution < -0.4 is 10.0 Å². The number of para-hydroxylation sites is 1. The summed E-state index contributed by atoms with van der Waals surface area (Å²) >= 11 is 2.12. The zero-order valence-electron chi connectivity index (χ0n) is 6.54. The van der Waals surface area contributed by atoms with Crippen molar-refractivity contribution in [3.63, 3.8) is 0 Å². The van der Waals surface area contributed by atoms with Gasteiger partial charge in [0.25, 0.3) is 0 Å². The van der Waals surface area contributed by atoms with Gasteiger partial charge in [0.15, 0.2) is 5.11 Å². The maximum absolute atomic E-state index is 10.7. The van der Waals surface area contributed by atoms with Crippen LogP contribution in [0, 0.1) is 0 Å². The Balaban J connectivity index is 3.03. The highest BCUT2D eigenvalue weighted by atomic mass is 32.2. The van der Waals surface area contributed by atoms with Crippen LogP contribution in [0.1, 0.15) is 0 Å². The zero-order chi connectivity index (χ0) is 9.84. The van der Waals surface area contributed by atoms with Crippen molar-refractivity contribution in [1.82, 2.24) is 0 Å². The van der Waals surface area contributed by atoms with E-state index in [2.05, 4.69) is 12.2 Å². The number of nitrogens with two attached hydrogens (primary N) is 1. The second kappa shape index (κ2) is 4.31. The van der Waals surface area contributed by atoms with E-state index >= 15 is 0 Å². The Labute approximate surface area is 83.8 Å². The monoisotopic (exact) mass is 215 g/mol. The van der Waals surface area contributed by atoms with E-state index in [1.54, 1.807) is 30.3 Å². The molecule has 0 aliphatic carbocycles. The Hall–Kier alpha value is -0.980. The maximum atomic E-state index is 10.7. The van der Waals surface area contributed by atoms with Gasteiger partial charge in [0, 0.05) is 0 Å². The Morgan fingerprint density at radius 1 is 1.46 bits per heavy atom. The van der Waals surface area contributed by atoms with Gasteiger partial charge in [0.2, 0.25) is 0 Å². The highest BCUT2D eigenvalue weighted by Crippen LogP contribution is 2.13. The molecular weight excluding hydrogens is 208 g/mol. The van der Waals surface area contributed by atoms with Crippen LogP contribution >= 0.6 is 12.2 Å². The lowest BCUT2D eigenvalue weighted by Crippen LogP contribution is -2.36. The topological polar surface area (TPSA) is 69.4 Å². The van der Waals surface area contributed by atoms with Crippen molar-refractivity contribution < 1.29 is 8.76 Å². The van der Waals surface area contributed by atoms with Gasteiger partial charge in [-0.05, 0) is 24.4 Å². The SMILES string of the molecule is NC(=S)N(c1ccccc1)S(=O)[O-]. The van der Waals surface area contributed by atoms with Crippen molar-refractivity contribution in [2.45, 2.75) is 0 Å². The molecule has 2 N–H and O–H groups in total. The van der Waals surface area contributed by atoms with Crippen molar-refractivity contribution in [3.05, 3.63) is 30.3 Å². The smallest absolute Gasteiger partial charge is 0.182 e. The molecule has 0 aliphatic heterocycles. The molecule has 6 heteroatoms. The molecule has 13 heavy (non-hydrogen) atoms. The molecular formula is C7H7N2O2S2-. The first kappa shape index (κ1) is 10.1. The molecule has 0 bridgehead atoms. The van der Waals surface area contributed by atoms with Crippen molar-refractivity contribution in [2.24, 2.45) is 5.73 Å². The molecule has 1 aromatic rings. The lowest BCUT2D eigenvalue weighted by atomic mass is 10.3. The summed E-state index contributed by atoms with van der Waals surface area (Å²) in [4.78, 5) is 0. The van der Waals surface area contributed by atoms with Crippen molar-refractivity contribution in [2.75, 3.05) is 4.31 Å². The van der Waals surface area contributed by atoms with Gasteiger partial charge < -0.3 is 10.3 Å². The minimum atomic E-state index is -2.47. The van der Waals surface area contributed by atoms with Crippen LogP contribution in [0.2, 0.25) is 0 Å². The van der Waals surface area contributed by atoms with Gasteiger partial charge in [0.05, 0.1) is 17.0 Å². The van der Waals surface area contributed by atoms with E-state index < -0.39 is 11.3 Å². The number of nitrogens with zero attached hydrogens (tertiary/aromatic N) is 1. The maximum Gasteiger partial charge on any atom is 0.182 e. The van der Waals surface area contributed by atoms with Crippen LogP contribution in [-0.4, -0.2) is 13.9 Å². The van der Waals surface area contributed by atoms with Crippen LogP contribution in [-0.2, 0) is 11.3 Å². The molecule has 0 saturated carbocycles. The van der Waals surface area contributed by atoms with Crippen LogP contribution in [0.4, 0.5) is 5.69 Å². The van der Waals surface area contributed by atoms with Crippen molar-refractivity contribution in [3.8, 4) is 0 Å². The highest BCUT2D eigenvalue weighted by molar-refractivity contribution is 7.86. The van der Waals surface area contributed by atoms with Crippen molar-refractivity contribution in [1.29, 1.82) is 0 Å². The molecule has 0 heterocycles. The van der Waals surface area contributed by atoms with Crippen molar-refractivity contribution >= 4 is 34.3 Å². The Bertz CT molecular complexity index is 315. The van der Waals surface area contributed by atoms with Gasteiger partial charge in [-0.3, -0.25) is 4.21 Å². The third-order valence-electron chi connectivity index (χ3n) is 1.34. The molecule has 0 saturated heterocycles. The summed E-state index contributed by atoms with van der Waals surface area (Å²) in [5.41, 5.74) is 5.67. The normalized spacial score (nSPS) is 12.1. The van der Waals surface area contributed by atoms with Crippen LogP contribution in [0.5, 0.6) is 0 Å². The second-order valence-corrected chi connectivity index (χ2v) is 3.40. The number of anilines is 1. The summed E-state index contributed by atoms with van der Waals surface area (Å²) in [6, 6.07) is 8.39. The molecule has 70 valence electrons. The van der Waals surface area contributed by atoms with Gasteiger partial charge in [0.1, 0.15) is 0 Å². The molecule has 1 atom stereocenters. The van der Waals surface area contributed by atoms with E-state index in [0.717, 1.165) is 4.31 Å². The molecule has 0 fully saturated rings. The van der Waals surface area contributed by atoms with Crippen LogP contribution in [0.15, 0.2) is 30.3 Å². The Kier molecular flexibility index (Phi) is 3.35.